The maximum Gasteiger partial charge on any atom is 0.255 e. The predicted octanol–water partition coefficient (Wildman–Crippen LogP) is 1.59. The monoisotopic (exact) mass is 410 g/mol. The van der Waals surface area contributed by atoms with Crippen molar-refractivity contribution in [2.75, 3.05) is 0 Å². The van der Waals surface area contributed by atoms with E-state index < -0.39 is 6.04 Å². The summed E-state index contributed by atoms with van der Waals surface area (Å²) in [7, 11) is 0. The lowest BCUT2D eigenvalue weighted by Crippen LogP contribution is -2.52. The molecule has 30 heavy (non-hydrogen) atoms. The fourth-order valence-corrected chi connectivity index (χ4v) is 5.96. The van der Waals surface area contributed by atoms with Crippen LogP contribution in [0.3, 0.4) is 0 Å². The molecule has 4 N–H and O–H groups in total. The van der Waals surface area contributed by atoms with Gasteiger partial charge in [-0.05, 0) is 67.6 Å². The summed E-state index contributed by atoms with van der Waals surface area (Å²) in [4.78, 5) is 38.3. The molecule has 1 saturated heterocycles. The van der Waals surface area contributed by atoms with E-state index in [0.717, 1.165) is 17.7 Å². The van der Waals surface area contributed by atoms with Crippen LogP contribution in [0.2, 0.25) is 0 Å². The van der Waals surface area contributed by atoms with Crippen molar-refractivity contribution in [1.82, 2.24) is 15.5 Å². The summed E-state index contributed by atoms with van der Waals surface area (Å²) < 4.78 is 0. The maximum atomic E-state index is 12.9. The van der Waals surface area contributed by atoms with E-state index in [-0.39, 0.29) is 24.1 Å². The molecule has 2 saturated carbocycles. The molecule has 1 aromatic carbocycles. The summed E-state index contributed by atoms with van der Waals surface area (Å²) in [6.45, 7) is 1.17. The molecule has 5 rings (SSSR count). The van der Waals surface area contributed by atoms with Gasteiger partial charge in [0.2, 0.25) is 11.8 Å². The van der Waals surface area contributed by atoms with E-state index in [1.54, 1.807) is 4.90 Å². The molecule has 160 valence electrons. The number of carbonyl (C=O) groups is 3. The van der Waals surface area contributed by atoms with Crippen LogP contribution < -0.4 is 16.4 Å². The number of hydrogen-bond acceptors (Lipinski definition) is 5. The van der Waals surface area contributed by atoms with Crippen LogP contribution >= 0.6 is 0 Å². The Morgan fingerprint density at radius 2 is 1.90 bits per heavy atom. The van der Waals surface area contributed by atoms with Crippen LogP contribution in [-0.4, -0.2) is 40.7 Å². The lowest BCUT2D eigenvalue weighted by molar-refractivity contribution is -0.136. The number of nitrogens with two attached hydrogens (primary N) is 1. The van der Waals surface area contributed by atoms with E-state index in [4.69, 9.17) is 5.73 Å². The number of fused-ring (bicyclic) bond motifs is 1. The number of piperidine rings is 1. The normalized spacial score (nSPS) is 33.4. The molecule has 2 aliphatic carbocycles. The highest BCUT2D eigenvalue weighted by atomic mass is 16.2. The van der Waals surface area contributed by atoms with Crippen LogP contribution in [0.15, 0.2) is 18.2 Å². The van der Waals surface area contributed by atoms with Crippen LogP contribution in [0.1, 0.15) is 72.9 Å². The smallest absolute Gasteiger partial charge is 0.255 e. The number of hydrogen-bond donors (Lipinski definition) is 3. The van der Waals surface area contributed by atoms with E-state index in [9.17, 15) is 14.4 Å². The fourth-order valence-electron chi connectivity index (χ4n) is 5.96. The Morgan fingerprint density at radius 1 is 1.13 bits per heavy atom. The van der Waals surface area contributed by atoms with Gasteiger partial charge in [0.15, 0.2) is 0 Å². The average molecular weight is 411 g/mol. The molecule has 7 heteroatoms. The molecule has 3 fully saturated rings. The van der Waals surface area contributed by atoms with Gasteiger partial charge >= 0.3 is 0 Å². The summed E-state index contributed by atoms with van der Waals surface area (Å²) in [6.07, 6.45) is 7.92. The molecule has 4 aliphatic rings. The van der Waals surface area contributed by atoms with Gasteiger partial charge in [0, 0.05) is 37.2 Å². The van der Waals surface area contributed by atoms with Gasteiger partial charge in [0.25, 0.3) is 5.91 Å². The second-order valence-electron chi connectivity index (χ2n) is 9.67. The molecular formula is C23H30N4O3. The number of amides is 3. The Hall–Kier alpha value is -2.25. The van der Waals surface area contributed by atoms with Crippen LogP contribution in [0.25, 0.3) is 0 Å². The number of rotatable bonds is 4. The number of nitrogens with zero attached hydrogens (tertiary/aromatic N) is 1. The summed E-state index contributed by atoms with van der Waals surface area (Å²) in [5.41, 5.74) is 9.35. The highest BCUT2D eigenvalue weighted by Crippen LogP contribution is 2.50. The first-order valence-electron chi connectivity index (χ1n) is 11.2. The van der Waals surface area contributed by atoms with Gasteiger partial charge in [-0.3, -0.25) is 19.7 Å². The Morgan fingerprint density at radius 3 is 2.60 bits per heavy atom. The quantitative estimate of drug-likeness (QED) is 0.654. The number of nitrogens with one attached hydrogen (secondary N) is 2. The third-order valence-corrected chi connectivity index (χ3v) is 7.70. The molecule has 1 spiro atoms. The summed E-state index contributed by atoms with van der Waals surface area (Å²) in [5, 5.41) is 6.07. The second-order valence-corrected chi connectivity index (χ2v) is 9.67. The predicted molar refractivity (Wildman–Crippen MR) is 111 cm³/mol. The Labute approximate surface area is 176 Å². The van der Waals surface area contributed by atoms with Crippen LogP contribution in [-0.2, 0) is 22.7 Å². The fraction of sp³-hybridized carbons (Fsp3) is 0.609. The molecule has 3 amide bonds. The topological polar surface area (TPSA) is 105 Å². The molecule has 1 aromatic rings. The minimum absolute atomic E-state index is 0.109. The molecular weight excluding hydrogens is 380 g/mol. The molecule has 0 radical (unpaired) electrons. The van der Waals surface area contributed by atoms with Gasteiger partial charge in [-0.15, -0.1) is 0 Å². The van der Waals surface area contributed by atoms with E-state index in [1.165, 1.54) is 38.5 Å². The molecule has 0 aromatic heterocycles. The third kappa shape index (κ3) is 3.44. The minimum atomic E-state index is -0.563. The minimum Gasteiger partial charge on any atom is -0.328 e. The Balaban J connectivity index is 1.23. The third-order valence-electron chi connectivity index (χ3n) is 7.70. The van der Waals surface area contributed by atoms with Crippen molar-refractivity contribution < 1.29 is 14.4 Å². The summed E-state index contributed by atoms with van der Waals surface area (Å²) in [6, 6.07) is 6.19. The van der Waals surface area contributed by atoms with E-state index in [1.807, 2.05) is 12.1 Å². The van der Waals surface area contributed by atoms with E-state index in [2.05, 4.69) is 16.7 Å². The van der Waals surface area contributed by atoms with Crippen molar-refractivity contribution >= 4 is 17.7 Å². The van der Waals surface area contributed by atoms with Gasteiger partial charge in [0.1, 0.15) is 6.04 Å². The Bertz CT molecular complexity index is 882. The second kappa shape index (κ2) is 7.46. The first kappa shape index (κ1) is 19.7. The van der Waals surface area contributed by atoms with Gasteiger partial charge in [0.05, 0.1) is 0 Å². The zero-order valence-corrected chi connectivity index (χ0v) is 17.3. The average Bonchev–Trinajstić information content (AvgIpc) is 3.04. The standard InChI is InChI=1S/C23H30N4O3/c24-15-10-23(11-15)8-6-16(7-9-23)25-12-14-2-1-3-17-18(14)13-27(22(17)30)19-4-5-20(28)26-21(19)29/h1-3,15-16,19,25H,4-13,24H2,(H,26,28,29). The van der Waals surface area contributed by atoms with Crippen molar-refractivity contribution in [2.45, 2.75) is 82.6 Å². The Kier molecular flexibility index (Phi) is 4.90. The van der Waals surface area contributed by atoms with E-state index in [0.29, 0.717) is 36.0 Å². The van der Waals surface area contributed by atoms with Gasteiger partial charge in [-0.1, -0.05) is 12.1 Å². The lowest BCUT2D eigenvalue weighted by Gasteiger charge is -2.50. The van der Waals surface area contributed by atoms with Gasteiger partial charge < -0.3 is 16.0 Å². The molecule has 1 atom stereocenters. The molecule has 7 nitrogen and oxygen atoms in total. The van der Waals surface area contributed by atoms with Crippen LogP contribution in [0, 0.1) is 5.41 Å². The molecule has 0 bridgehead atoms. The zero-order valence-electron chi connectivity index (χ0n) is 17.3. The lowest BCUT2D eigenvalue weighted by atomic mass is 9.58. The van der Waals surface area contributed by atoms with Crippen LogP contribution in [0.4, 0.5) is 0 Å². The molecule has 1 unspecified atom stereocenters. The summed E-state index contributed by atoms with van der Waals surface area (Å²) in [5.74, 6) is -0.732. The van der Waals surface area contributed by atoms with Gasteiger partial charge in [-0.2, -0.15) is 0 Å². The maximum absolute atomic E-state index is 12.9. The largest absolute Gasteiger partial charge is 0.328 e. The van der Waals surface area contributed by atoms with Crippen molar-refractivity contribution in [2.24, 2.45) is 11.1 Å². The summed E-state index contributed by atoms with van der Waals surface area (Å²) >= 11 is 0. The zero-order chi connectivity index (χ0) is 20.9. The highest BCUT2D eigenvalue weighted by molar-refractivity contribution is 6.05. The number of benzene rings is 1. The first-order valence-corrected chi connectivity index (χ1v) is 11.2. The van der Waals surface area contributed by atoms with Crippen molar-refractivity contribution in [3.63, 3.8) is 0 Å². The van der Waals surface area contributed by atoms with Crippen molar-refractivity contribution in [3.05, 3.63) is 34.9 Å². The molecule has 2 heterocycles. The highest BCUT2D eigenvalue weighted by Gasteiger charge is 2.44. The number of carbonyl (C=O) groups excluding carboxylic acids is 3. The van der Waals surface area contributed by atoms with Crippen molar-refractivity contribution in [3.8, 4) is 0 Å². The van der Waals surface area contributed by atoms with Gasteiger partial charge in [-0.25, -0.2) is 0 Å². The number of imide groups is 1. The van der Waals surface area contributed by atoms with E-state index >= 15 is 0 Å². The SMILES string of the molecule is NC1CC2(CCC(NCc3cccc4c3CN(C3CCC(=O)NC3=O)C4=O)CC2)C1. The first-order chi connectivity index (χ1) is 14.4. The van der Waals surface area contributed by atoms with Crippen LogP contribution in [0.5, 0.6) is 0 Å². The molecule has 2 aliphatic heterocycles. The van der Waals surface area contributed by atoms with Crippen molar-refractivity contribution in [1.29, 1.82) is 0 Å².